The van der Waals surface area contributed by atoms with Gasteiger partial charge in [0.25, 0.3) is 0 Å². The zero-order valence-electron chi connectivity index (χ0n) is 23.0. The number of carbonyl (C=O) groups is 2. The van der Waals surface area contributed by atoms with Gasteiger partial charge in [0.15, 0.2) is 12.4 Å². The summed E-state index contributed by atoms with van der Waals surface area (Å²) >= 11 is 0. The third kappa shape index (κ3) is 6.47. The summed E-state index contributed by atoms with van der Waals surface area (Å²) in [6.07, 6.45) is 3.45. The molecule has 42 heavy (non-hydrogen) atoms. The average Bonchev–Trinajstić information content (AvgIpc) is 2.97. The molecule has 1 saturated heterocycles. The van der Waals surface area contributed by atoms with Crippen LogP contribution in [0.15, 0.2) is 91.3 Å². The van der Waals surface area contributed by atoms with E-state index in [1.807, 2.05) is 36.1 Å². The summed E-state index contributed by atoms with van der Waals surface area (Å²) in [5.74, 6) is -2.11. The highest BCUT2D eigenvalue weighted by Crippen LogP contribution is 2.48. The van der Waals surface area contributed by atoms with Crippen molar-refractivity contribution in [2.75, 3.05) is 4.90 Å². The Kier molecular flexibility index (Phi) is 8.59. The number of benzene rings is 3. The molecule has 4 aromatic rings. The van der Waals surface area contributed by atoms with Crippen LogP contribution in [0.1, 0.15) is 47.2 Å². The van der Waals surface area contributed by atoms with Crippen molar-refractivity contribution in [3.63, 3.8) is 0 Å². The van der Waals surface area contributed by atoms with Gasteiger partial charge in [0.1, 0.15) is 31.0 Å². The van der Waals surface area contributed by atoms with Crippen molar-refractivity contribution >= 4 is 17.6 Å². The van der Waals surface area contributed by atoms with E-state index in [0.29, 0.717) is 28.8 Å². The number of phenols is 1. The zero-order valence-corrected chi connectivity index (χ0v) is 23.0. The topological polar surface area (TPSA) is 90.9 Å². The van der Waals surface area contributed by atoms with Crippen LogP contribution in [0.3, 0.4) is 0 Å². The van der Waals surface area contributed by atoms with Crippen molar-refractivity contribution in [3.05, 3.63) is 125 Å². The molecular formula is C33H31F2N2O5+. The number of esters is 1. The third-order valence-electron chi connectivity index (χ3n) is 7.53. The minimum atomic E-state index is -0.900. The molecule has 3 aromatic carbocycles. The number of halogens is 2. The van der Waals surface area contributed by atoms with Gasteiger partial charge in [-0.05, 0) is 72.0 Å². The van der Waals surface area contributed by atoms with E-state index < -0.39 is 35.7 Å². The zero-order chi connectivity index (χ0) is 29.8. The molecule has 5 rings (SSSR count). The molecule has 2 heterocycles. The standard InChI is InChI=1S/C33H30F2N2O5/c1-36-16-14-21(15-17-36)19-31(40)42-20-22-2-11-27(30(39)18-22)32-28(12-13-29(38)23-3-5-24(34)6-4-23)33(41)37(32)26-9-7-25(35)8-10-26/h2-11,14-18,28-29,32,38H,12-13,19-20H2,1H3/p+1/t28-,29+,32-/m1/s1. The number of aromatic nitrogens is 1. The van der Waals surface area contributed by atoms with Crippen molar-refractivity contribution in [1.29, 1.82) is 0 Å². The number of hydrogen-bond acceptors (Lipinski definition) is 5. The van der Waals surface area contributed by atoms with E-state index in [-0.39, 0.29) is 31.1 Å². The second kappa shape index (κ2) is 12.5. The molecule has 0 radical (unpaired) electrons. The lowest BCUT2D eigenvalue weighted by molar-refractivity contribution is -0.671. The van der Waals surface area contributed by atoms with Gasteiger partial charge in [-0.1, -0.05) is 24.3 Å². The van der Waals surface area contributed by atoms with E-state index in [9.17, 15) is 28.6 Å². The Morgan fingerprint density at radius 2 is 1.60 bits per heavy atom. The highest BCUT2D eigenvalue weighted by molar-refractivity contribution is 6.03. The first-order chi connectivity index (χ1) is 20.2. The summed E-state index contributed by atoms with van der Waals surface area (Å²) in [4.78, 5) is 27.1. The number of anilines is 1. The van der Waals surface area contributed by atoms with Crippen LogP contribution in [0.25, 0.3) is 0 Å². The van der Waals surface area contributed by atoms with Gasteiger partial charge in [0, 0.05) is 23.4 Å². The molecule has 1 aliphatic rings. The lowest BCUT2D eigenvalue weighted by Gasteiger charge is -2.48. The number of aryl methyl sites for hydroxylation is 1. The maximum atomic E-state index is 13.6. The Bertz CT molecular complexity index is 1560. The van der Waals surface area contributed by atoms with Crippen LogP contribution in [0.5, 0.6) is 5.75 Å². The van der Waals surface area contributed by atoms with Gasteiger partial charge in [-0.3, -0.25) is 9.59 Å². The molecule has 3 atom stereocenters. The predicted molar refractivity (Wildman–Crippen MR) is 150 cm³/mol. The summed E-state index contributed by atoms with van der Waals surface area (Å²) in [5.41, 5.74) is 2.90. The molecule has 1 aromatic heterocycles. The Morgan fingerprint density at radius 3 is 2.24 bits per heavy atom. The number of aliphatic hydroxyl groups excluding tert-OH is 1. The molecule has 0 bridgehead atoms. The van der Waals surface area contributed by atoms with Crippen LogP contribution in [-0.4, -0.2) is 22.1 Å². The van der Waals surface area contributed by atoms with Crippen LogP contribution in [-0.2, 0) is 34.4 Å². The predicted octanol–water partition coefficient (Wildman–Crippen LogP) is 5.00. The lowest BCUT2D eigenvalue weighted by Crippen LogP contribution is -2.55. The Morgan fingerprint density at radius 1 is 0.952 bits per heavy atom. The van der Waals surface area contributed by atoms with E-state index >= 15 is 0 Å². The van der Waals surface area contributed by atoms with Gasteiger partial charge < -0.3 is 19.8 Å². The fourth-order valence-corrected chi connectivity index (χ4v) is 5.22. The third-order valence-corrected chi connectivity index (χ3v) is 7.53. The number of aromatic hydroxyl groups is 1. The fraction of sp³-hybridized carbons (Fsp3) is 0.242. The summed E-state index contributed by atoms with van der Waals surface area (Å²) < 4.78 is 34.2. The van der Waals surface area contributed by atoms with Crippen molar-refractivity contribution in [3.8, 4) is 5.75 Å². The van der Waals surface area contributed by atoms with Gasteiger partial charge in [-0.15, -0.1) is 0 Å². The van der Waals surface area contributed by atoms with E-state index in [1.165, 1.54) is 59.5 Å². The molecule has 1 aliphatic heterocycles. The molecule has 1 amide bonds. The maximum absolute atomic E-state index is 13.6. The smallest absolute Gasteiger partial charge is 0.310 e. The van der Waals surface area contributed by atoms with Gasteiger partial charge in [-0.25, -0.2) is 13.3 Å². The molecule has 1 fully saturated rings. The normalized spacial score (nSPS) is 17.0. The fourth-order valence-electron chi connectivity index (χ4n) is 5.22. The number of hydrogen-bond donors (Lipinski definition) is 2. The Hall–Kier alpha value is -4.63. The second-order valence-corrected chi connectivity index (χ2v) is 10.5. The van der Waals surface area contributed by atoms with E-state index in [0.717, 1.165) is 5.56 Å². The van der Waals surface area contributed by atoms with E-state index in [2.05, 4.69) is 0 Å². The van der Waals surface area contributed by atoms with E-state index in [1.54, 1.807) is 12.1 Å². The average molecular weight is 574 g/mol. The highest BCUT2D eigenvalue weighted by atomic mass is 19.1. The molecule has 216 valence electrons. The van der Waals surface area contributed by atoms with Crippen LogP contribution in [0.4, 0.5) is 14.5 Å². The molecule has 9 heteroatoms. The quantitative estimate of drug-likeness (QED) is 0.158. The summed E-state index contributed by atoms with van der Waals surface area (Å²) in [6.45, 7) is -0.0359. The maximum Gasteiger partial charge on any atom is 0.310 e. The first kappa shape index (κ1) is 28.9. The molecule has 0 unspecified atom stereocenters. The summed E-state index contributed by atoms with van der Waals surface area (Å²) in [6, 6.07) is 19.1. The minimum Gasteiger partial charge on any atom is -0.508 e. The monoisotopic (exact) mass is 573 g/mol. The number of β-lactam (4-membered cyclic amide) rings is 1. The number of aliphatic hydroxyl groups is 1. The Balaban J connectivity index is 1.30. The summed E-state index contributed by atoms with van der Waals surface area (Å²) in [5, 5.41) is 21.7. The minimum absolute atomic E-state index is 0.0359. The molecule has 0 spiro atoms. The number of amides is 1. The first-order valence-electron chi connectivity index (χ1n) is 13.6. The van der Waals surface area contributed by atoms with Crippen LogP contribution in [0, 0.1) is 17.6 Å². The highest BCUT2D eigenvalue weighted by Gasteiger charge is 2.49. The first-order valence-corrected chi connectivity index (χ1v) is 13.6. The molecule has 0 saturated carbocycles. The molecule has 7 nitrogen and oxygen atoms in total. The van der Waals surface area contributed by atoms with Crippen LogP contribution < -0.4 is 9.47 Å². The van der Waals surface area contributed by atoms with E-state index in [4.69, 9.17) is 4.74 Å². The number of ether oxygens (including phenoxy) is 1. The molecule has 0 aliphatic carbocycles. The SMILES string of the molecule is C[n+]1ccc(CC(=O)OCc2ccc([C@@H]3[C@@H](CC[C@H](O)c4ccc(F)cc4)C(=O)N3c3ccc(F)cc3)c(O)c2)cc1. The largest absolute Gasteiger partial charge is 0.508 e. The second-order valence-electron chi connectivity index (χ2n) is 10.5. The van der Waals surface area contributed by atoms with Crippen molar-refractivity contribution in [2.45, 2.75) is 38.0 Å². The summed E-state index contributed by atoms with van der Waals surface area (Å²) in [7, 11) is 1.89. The van der Waals surface area contributed by atoms with Crippen molar-refractivity contribution in [1.82, 2.24) is 0 Å². The van der Waals surface area contributed by atoms with Crippen molar-refractivity contribution < 1.29 is 37.9 Å². The van der Waals surface area contributed by atoms with Crippen LogP contribution >= 0.6 is 0 Å². The van der Waals surface area contributed by atoms with Gasteiger partial charge in [-0.2, -0.15) is 0 Å². The number of pyridine rings is 1. The van der Waals surface area contributed by atoms with Gasteiger partial charge in [0.05, 0.1) is 24.5 Å². The molecular weight excluding hydrogens is 542 g/mol. The van der Waals surface area contributed by atoms with Gasteiger partial charge in [0.2, 0.25) is 5.91 Å². The lowest BCUT2D eigenvalue weighted by atomic mass is 9.77. The van der Waals surface area contributed by atoms with Gasteiger partial charge >= 0.3 is 5.97 Å². The number of carbonyl (C=O) groups excluding carboxylic acids is 2. The number of rotatable bonds is 10. The molecule has 2 N–H and O–H groups in total. The number of nitrogens with zero attached hydrogens (tertiary/aromatic N) is 2. The van der Waals surface area contributed by atoms with Crippen molar-refractivity contribution in [2.24, 2.45) is 13.0 Å². The van der Waals surface area contributed by atoms with Crippen LogP contribution in [0.2, 0.25) is 0 Å². The number of phenolic OH excluding ortho intramolecular Hbond substituents is 1. The Labute approximate surface area is 242 Å².